The SMILES string of the molecule is CCCCNC(=O)CCNc1cccc(C(=O)OC)c1. The summed E-state index contributed by atoms with van der Waals surface area (Å²) in [7, 11) is 1.35. The summed E-state index contributed by atoms with van der Waals surface area (Å²) in [4.78, 5) is 22.9. The Morgan fingerprint density at radius 2 is 2.05 bits per heavy atom. The molecule has 0 fully saturated rings. The van der Waals surface area contributed by atoms with Gasteiger partial charge < -0.3 is 15.4 Å². The van der Waals surface area contributed by atoms with Crippen LogP contribution in [-0.2, 0) is 9.53 Å². The smallest absolute Gasteiger partial charge is 0.337 e. The summed E-state index contributed by atoms with van der Waals surface area (Å²) < 4.78 is 4.66. The van der Waals surface area contributed by atoms with Gasteiger partial charge >= 0.3 is 5.97 Å². The molecule has 5 heteroatoms. The van der Waals surface area contributed by atoms with E-state index in [-0.39, 0.29) is 11.9 Å². The molecular weight excluding hydrogens is 256 g/mol. The van der Waals surface area contributed by atoms with E-state index < -0.39 is 0 Å². The molecule has 0 atom stereocenters. The fraction of sp³-hybridized carbons (Fsp3) is 0.467. The molecule has 0 aliphatic heterocycles. The molecule has 0 saturated heterocycles. The highest BCUT2D eigenvalue weighted by Gasteiger charge is 2.05. The summed E-state index contributed by atoms with van der Waals surface area (Å²) in [6.07, 6.45) is 2.48. The number of hydrogen-bond acceptors (Lipinski definition) is 4. The van der Waals surface area contributed by atoms with E-state index in [2.05, 4.69) is 22.3 Å². The fourth-order valence-corrected chi connectivity index (χ4v) is 1.69. The van der Waals surface area contributed by atoms with Crippen LogP contribution in [-0.4, -0.2) is 32.1 Å². The molecule has 0 bridgehead atoms. The first-order valence-corrected chi connectivity index (χ1v) is 6.86. The topological polar surface area (TPSA) is 67.4 Å². The molecule has 1 rings (SSSR count). The quantitative estimate of drug-likeness (QED) is 0.565. The minimum absolute atomic E-state index is 0.0371. The van der Waals surface area contributed by atoms with Crippen molar-refractivity contribution in [3.8, 4) is 0 Å². The van der Waals surface area contributed by atoms with Crippen LogP contribution in [0.4, 0.5) is 5.69 Å². The van der Waals surface area contributed by atoms with Crippen molar-refractivity contribution in [3.63, 3.8) is 0 Å². The average Bonchev–Trinajstić information content (AvgIpc) is 2.47. The maximum Gasteiger partial charge on any atom is 0.337 e. The van der Waals surface area contributed by atoms with E-state index in [1.165, 1.54) is 7.11 Å². The fourth-order valence-electron chi connectivity index (χ4n) is 1.69. The zero-order valence-electron chi connectivity index (χ0n) is 12.1. The highest BCUT2D eigenvalue weighted by atomic mass is 16.5. The molecule has 0 unspecified atom stereocenters. The van der Waals surface area contributed by atoms with Crippen LogP contribution >= 0.6 is 0 Å². The van der Waals surface area contributed by atoms with Gasteiger partial charge in [-0.15, -0.1) is 0 Å². The highest BCUT2D eigenvalue weighted by Crippen LogP contribution is 2.11. The van der Waals surface area contributed by atoms with Gasteiger partial charge in [-0.2, -0.15) is 0 Å². The van der Waals surface area contributed by atoms with Gasteiger partial charge in [0.05, 0.1) is 12.7 Å². The summed E-state index contributed by atoms with van der Waals surface area (Å²) >= 11 is 0. The van der Waals surface area contributed by atoms with Gasteiger partial charge in [-0.3, -0.25) is 4.79 Å². The van der Waals surface area contributed by atoms with E-state index in [0.29, 0.717) is 18.5 Å². The van der Waals surface area contributed by atoms with Gasteiger partial charge in [0, 0.05) is 25.2 Å². The van der Waals surface area contributed by atoms with E-state index in [1.807, 2.05) is 6.07 Å². The zero-order chi connectivity index (χ0) is 14.8. The molecule has 0 aromatic heterocycles. The van der Waals surface area contributed by atoms with Gasteiger partial charge in [0.25, 0.3) is 0 Å². The van der Waals surface area contributed by atoms with Crippen LogP contribution in [0.15, 0.2) is 24.3 Å². The van der Waals surface area contributed by atoms with Crippen LogP contribution in [0.2, 0.25) is 0 Å². The number of anilines is 1. The Balaban J connectivity index is 2.35. The van der Waals surface area contributed by atoms with Gasteiger partial charge in [0.1, 0.15) is 0 Å². The number of ether oxygens (including phenoxy) is 1. The van der Waals surface area contributed by atoms with Crippen LogP contribution < -0.4 is 10.6 Å². The second kappa shape index (κ2) is 8.96. The van der Waals surface area contributed by atoms with Crippen LogP contribution in [0, 0.1) is 0 Å². The molecule has 1 amide bonds. The number of carbonyl (C=O) groups is 2. The van der Waals surface area contributed by atoms with E-state index in [4.69, 9.17) is 0 Å². The standard InChI is InChI=1S/C15H22N2O3/c1-3-4-9-17-14(18)8-10-16-13-7-5-6-12(11-13)15(19)20-2/h5-7,11,16H,3-4,8-10H2,1-2H3,(H,17,18). The first-order chi connectivity index (χ1) is 9.67. The number of carbonyl (C=O) groups excluding carboxylic acids is 2. The van der Waals surface area contributed by atoms with Gasteiger partial charge in [0.15, 0.2) is 0 Å². The monoisotopic (exact) mass is 278 g/mol. The van der Waals surface area contributed by atoms with Crippen molar-refractivity contribution in [1.82, 2.24) is 5.32 Å². The Morgan fingerprint density at radius 1 is 1.25 bits per heavy atom. The van der Waals surface area contributed by atoms with E-state index in [9.17, 15) is 9.59 Å². The third kappa shape index (κ3) is 5.73. The van der Waals surface area contributed by atoms with Crippen molar-refractivity contribution >= 4 is 17.6 Å². The maximum atomic E-state index is 11.5. The van der Waals surface area contributed by atoms with Crippen molar-refractivity contribution < 1.29 is 14.3 Å². The maximum absolute atomic E-state index is 11.5. The number of rotatable bonds is 8. The number of nitrogens with one attached hydrogen (secondary N) is 2. The lowest BCUT2D eigenvalue weighted by Crippen LogP contribution is -2.26. The molecule has 0 heterocycles. The summed E-state index contributed by atoms with van der Waals surface area (Å²) in [5, 5.41) is 5.97. The third-order valence-corrected chi connectivity index (χ3v) is 2.82. The van der Waals surface area contributed by atoms with E-state index in [1.54, 1.807) is 18.2 Å². The van der Waals surface area contributed by atoms with Gasteiger partial charge in [-0.25, -0.2) is 4.79 Å². The number of hydrogen-bond donors (Lipinski definition) is 2. The molecule has 110 valence electrons. The molecular formula is C15H22N2O3. The van der Waals surface area contributed by atoms with E-state index >= 15 is 0 Å². The first kappa shape index (κ1) is 16.0. The lowest BCUT2D eigenvalue weighted by molar-refractivity contribution is -0.120. The Hall–Kier alpha value is -2.04. The van der Waals surface area contributed by atoms with Gasteiger partial charge in [-0.05, 0) is 24.6 Å². The van der Waals surface area contributed by atoms with Crippen LogP contribution in [0.3, 0.4) is 0 Å². The largest absolute Gasteiger partial charge is 0.465 e. The molecule has 0 radical (unpaired) electrons. The Labute approximate surface area is 119 Å². The number of amides is 1. The number of methoxy groups -OCH3 is 1. The predicted octanol–water partition coefficient (Wildman–Crippen LogP) is 2.19. The Kier molecular flexibility index (Phi) is 7.17. The van der Waals surface area contributed by atoms with Crippen LogP contribution in [0.5, 0.6) is 0 Å². The summed E-state index contributed by atoms with van der Waals surface area (Å²) in [6, 6.07) is 7.02. The molecule has 0 spiro atoms. The second-order valence-corrected chi connectivity index (χ2v) is 4.45. The van der Waals surface area contributed by atoms with Crippen LogP contribution in [0.25, 0.3) is 0 Å². The van der Waals surface area contributed by atoms with Crippen molar-refractivity contribution in [2.45, 2.75) is 26.2 Å². The lowest BCUT2D eigenvalue weighted by atomic mass is 10.2. The molecule has 0 aliphatic rings. The number of esters is 1. The Morgan fingerprint density at radius 3 is 2.75 bits per heavy atom. The van der Waals surface area contributed by atoms with Crippen LogP contribution in [0.1, 0.15) is 36.5 Å². The number of benzene rings is 1. The molecule has 2 N–H and O–H groups in total. The van der Waals surface area contributed by atoms with E-state index in [0.717, 1.165) is 25.1 Å². The highest BCUT2D eigenvalue weighted by molar-refractivity contribution is 5.90. The summed E-state index contributed by atoms with van der Waals surface area (Å²) in [6.45, 7) is 3.34. The lowest BCUT2D eigenvalue weighted by Gasteiger charge is -2.08. The summed E-state index contributed by atoms with van der Waals surface area (Å²) in [5.41, 5.74) is 1.29. The van der Waals surface area contributed by atoms with Crippen molar-refractivity contribution in [2.75, 3.05) is 25.5 Å². The minimum Gasteiger partial charge on any atom is -0.465 e. The van der Waals surface area contributed by atoms with Crippen molar-refractivity contribution in [3.05, 3.63) is 29.8 Å². The van der Waals surface area contributed by atoms with Crippen molar-refractivity contribution in [1.29, 1.82) is 0 Å². The van der Waals surface area contributed by atoms with Crippen molar-refractivity contribution in [2.24, 2.45) is 0 Å². The summed E-state index contributed by atoms with van der Waals surface area (Å²) in [5.74, 6) is -0.332. The molecule has 20 heavy (non-hydrogen) atoms. The zero-order valence-corrected chi connectivity index (χ0v) is 12.1. The third-order valence-electron chi connectivity index (χ3n) is 2.82. The minimum atomic E-state index is -0.369. The molecule has 0 aliphatic carbocycles. The molecule has 1 aromatic carbocycles. The molecule has 1 aromatic rings. The van der Waals surface area contributed by atoms with Gasteiger partial charge in [0.2, 0.25) is 5.91 Å². The van der Waals surface area contributed by atoms with Gasteiger partial charge in [-0.1, -0.05) is 19.4 Å². The Bertz CT molecular complexity index is 446. The predicted molar refractivity (Wildman–Crippen MR) is 78.8 cm³/mol. The number of unbranched alkanes of at least 4 members (excludes halogenated alkanes) is 1. The second-order valence-electron chi connectivity index (χ2n) is 4.45. The first-order valence-electron chi connectivity index (χ1n) is 6.86. The molecule has 0 saturated carbocycles. The normalized spacial score (nSPS) is 9.90. The average molecular weight is 278 g/mol. The molecule has 5 nitrogen and oxygen atoms in total.